The molecule has 2 unspecified atom stereocenters. The number of thioether (sulfide) groups is 1. The van der Waals surface area contributed by atoms with Gasteiger partial charge in [0.15, 0.2) is 0 Å². The first-order valence-electron chi connectivity index (χ1n) is 9.20. The molecule has 2 aromatic rings. The van der Waals surface area contributed by atoms with E-state index in [1.807, 2.05) is 62.1 Å². The Kier molecular flexibility index (Phi) is 7.65. The minimum absolute atomic E-state index is 0.0651. The summed E-state index contributed by atoms with van der Waals surface area (Å²) in [5.41, 5.74) is 2.35. The lowest BCUT2D eigenvalue weighted by molar-refractivity contribution is -0.132. The predicted octanol–water partition coefficient (Wildman–Crippen LogP) is 4.61. The second kappa shape index (κ2) is 9.95. The zero-order valence-electron chi connectivity index (χ0n) is 16.6. The Hall–Kier alpha value is -2.78. The molecule has 0 saturated carbocycles. The Morgan fingerprint density at radius 3 is 2.21 bits per heavy atom. The van der Waals surface area contributed by atoms with Crippen LogP contribution in [0.15, 0.2) is 53.4 Å². The number of nitrogens with one attached hydrogen (secondary N) is 1. The van der Waals surface area contributed by atoms with Gasteiger partial charge in [-0.3, -0.25) is 9.59 Å². The molecular weight excluding hydrogens is 370 g/mol. The Morgan fingerprint density at radius 1 is 1.11 bits per heavy atom. The van der Waals surface area contributed by atoms with Crippen LogP contribution >= 0.6 is 11.8 Å². The third-order valence-corrected chi connectivity index (χ3v) is 5.55. The van der Waals surface area contributed by atoms with Gasteiger partial charge >= 0.3 is 0 Å². The van der Waals surface area contributed by atoms with E-state index in [-0.39, 0.29) is 23.1 Å². The highest BCUT2D eigenvalue weighted by Crippen LogP contribution is 2.29. The maximum Gasteiger partial charge on any atom is 0.236 e. The number of nitrogens with zero attached hydrogens (tertiary/aromatic N) is 2. The smallest absolute Gasteiger partial charge is 0.236 e. The molecule has 0 fully saturated rings. The van der Waals surface area contributed by atoms with Crippen LogP contribution in [0.2, 0.25) is 0 Å². The number of anilines is 1. The Labute approximate surface area is 170 Å². The largest absolute Gasteiger partial charge is 0.335 e. The molecule has 0 saturated heterocycles. The SMILES string of the molecule is CCN(C(=O)C(C)Sc1ccc(NC(C)=O)cc1)C(C)c1ccc(C#N)cc1. The normalized spacial score (nSPS) is 12.5. The fourth-order valence-corrected chi connectivity index (χ4v) is 3.88. The summed E-state index contributed by atoms with van der Waals surface area (Å²) in [6.45, 7) is 7.95. The summed E-state index contributed by atoms with van der Waals surface area (Å²) in [5.74, 6) is -0.0466. The van der Waals surface area contributed by atoms with E-state index in [9.17, 15) is 9.59 Å². The van der Waals surface area contributed by atoms with Crippen molar-refractivity contribution in [2.75, 3.05) is 11.9 Å². The first-order valence-corrected chi connectivity index (χ1v) is 10.1. The summed E-state index contributed by atoms with van der Waals surface area (Å²) in [6.07, 6.45) is 0. The molecule has 0 aliphatic rings. The standard InChI is InChI=1S/C22H25N3O2S/c1-5-25(15(2)19-8-6-18(14-23)7-9-19)22(27)16(3)28-21-12-10-20(11-13-21)24-17(4)26/h6-13,15-16H,5H2,1-4H3,(H,24,26). The summed E-state index contributed by atoms with van der Waals surface area (Å²) in [4.78, 5) is 27.0. The number of carbonyl (C=O) groups is 2. The molecule has 5 nitrogen and oxygen atoms in total. The Morgan fingerprint density at radius 2 is 1.71 bits per heavy atom. The number of rotatable bonds is 7. The van der Waals surface area contributed by atoms with Crippen molar-refractivity contribution >= 4 is 29.3 Å². The van der Waals surface area contributed by atoms with Gasteiger partial charge in [-0.05, 0) is 62.7 Å². The van der Waals surface area contributed by atoms with E-state index in [0.29, 0.717) is 12.1 Å². The molecule has 146 valence electrons. The summed E-state index contributed by atoms with van der Waals surface area (Å²) in [6, 6.07) is 16.9. The van der Waals surface area contributed by atoms with Crippen molar-refractivity contribution in [1.82, 2.24) is 4.90 Å². The number of carbonyl (C=O) groups excluding carboxylic acids is 2. The summed E-state index contributed by atoms with van der Waals surface area (Å²) >= 11 is 1.49. The fourth-order valence-electron chi connectivity index (χ4n) is 2.94. The van der Waals surface area contributed by atoms with Gasteiger partial charge in [0, 0.05) is 24.1 Å². The molecule has 2 atom stereocenters. The van der Waals surface area contributed by atoms with Crippen LogP contribution in [0.4, 0.5) is 5.69 Å². The molecule has 2 rings (SSSR count). The van der Waals surface area contributed by atoms with Crippen molar-refractivity contribution in [3.8, 4) is 6.07 Å². The first kappa shape index (κ1) is 21.5. The van der Waals surface area contributed by atoms with Gasteiger partial charge in [0.2, 0.25) is 11.8 Å². The molecule has 0 spiro atoms. The van der Waals surface area contributed by atoms with E-state index in [1.54, 1.807) is 12.1 Å². The predicted molar refractivity (Wildman–Crippen MR) is 113 cm³/mol. The van der Waals surface area contributed by atoms with Crippen molar-refractivity contribution < 1.29 is 9.59 Å². The first-order chi connectivity index (χ1) is 13.3. The highest BCUT2D eigenvalue weighted by atomic mass is 32.2. The highest BCUT2D eigenvalue weighted by molar-refractivity contribution is 8.00. The molecule has 6 heteroatoms. The third kappa shape index (κ3) is 5.61. The highest BCUT2D eigenvalue weighted by Gasteiger charge is 2.25. The van der Waals surface area contributed by atoms with Crippen LogP contribution in [-0.2, 0) is 9.59 Å². The molecule has 0 radical (unpaired) electrons. The van der Waals surface area contributed by atoms with Gasteiger partial charge in [-0.25, -0.2) is 0 Å². The quantitative estimate of drug-likeness (QED) is 0.695. The van der Waals surface area contributed by atoms with Crippen LogP contribution in [0.5, 0.6) is 0 Å². The minimum atomic E-state index is -0.243. The molecule has 28 heavy (non-hydrogen) atoms. The maximum atomic E-state index is 13.0. The lowest BCUT2D eigenvalue weighted by atomic mass is 10.0. The van der Waals surface area contributed by atoms with Gasteiger partial charge in [0.1, 0.15) is 0 Å². The lowest BCUT2D eigenvalue weighted by Gasteiger charge is -2.30. The second-order valence-corrected chi connectivity index (χ2v) is 7.91. The molecule has 2 amide bonds. The third-order valence-electron chi connectivity index (χ3n) is 4.45. The van der Waals surface area contributed by atoms with Gasteiger partial charge in [0.05, 0.1) is 22.9 Å². The number of amides is 2. The molecule has 2 aromatic carbocycles. The van der Waals surface area contributed by atoms with Crippen molar-refractivity contribution in [1.29, 1.82) is 5.26 Å². The van der Waals surface area contributed by atoms with Crippen molar-refractivity contribution in [3.05, 3.63) is 59.7 Å². The molecular formula is C22H25N3O2S. The van der Waals surface area contributed by atoms with Crippen molar-refractivity contribution in [2.24, 2.45) is 0 Å². The van der Waals surface area contributed by atoms with Crippen molar-refractivity contribution in [2.45, 2.75) is 43.9 Å². The monoisotopic (exact) mass is 395 g/mol. The van der Waals surface area contributed by atoms with Crippen LogP contribution < -0.4 is 5.32 Å². The lowest BCUT2D eigenvalue weighted by Crippen LogP contribution is -2.38. The van der Waals surface area contributed by atoms with E-state index < -0.39 is 0 Å². The van der Waals surface area contributed by atoms with E-state index in [1.165, 1.54) is 18.7 Å². The summed E-state index contributed by atoms with van der Waals surface area (Å²) in [5, 5.41) is 11.4. The summed E-state index contributed by atoms with van der Waals surface area (Å²) < 4.78 is 0. The average Bonchev–Trinajstić information content (AvgIpc) is 2.69. The van der Waals surface area contributed by atoms with Crippen LogP contribution in [-0.4, -0.2) is 28.5 Å². The van der Waals surface area contributed by atoms with Crippen LogP contribution in [0.1, 0.15) is 44.9 Å². The molecule has 1 N–H and O–H groups in total. The van der Waals surface area contributed by atoms with Crippen LogP contribution in [0.3, 0.4) is 0 Å². The van der Waals surface area contributed by atoms with Gasteiger partial charge < -0.3 is 10.2 Å². The van der Waals surface area contributed by atoms with Gasteiger partial charge in [-0.15, -0.1) is 11.8 Å². The van der Waals surface area contributed by atoms with Gasteiger partial charge in [-0.2, -0.15) is 5.26 Å². The maximum absolute atomic E-state index is 13.0. The number of hydrogen-bond donors (Lipinski definition) is 1. The fraction of sp³-hybridized carbons (Fsp3) is 0.318. The van der Waals surface area contributed by atoms with Crippen molar-refractivity contribution in [3.63, 3.8) is 0 Å². The Bertz CT molecular complexity index is 857. The van der Waals surface area contributed by atoms with Crippen LogP contribution in [0, 0.1) is 11.3 Å². The van der Waals surface area contributed by atoms with E-state index in [0.717, 1.165) is 16.1 Å². The molecule has 0 aromatic heterocycles. The molecule has 0 aliphatic heterocycles. The summed E-state index contributed by atoms with van der Waals surface area (Å²) in [7, 11) is 0. The molecule has 0 aliphatic carbocycles. The number of nitriles is 1. The zero-order chi connectivity index (χ0) is 20.7. The number of hydrogen-bond acceptors (Lipinski definition) is 4. The Balaban J connectivity index is 2.06. The zero-order valence-corrected chi connectivity index (χ0v) is 17.4. The molecule has 0 bridgehead atoms. The second-order valence-electron chi connectivity index (χ2n) is 6.50. The van der Waals surface area contributed by atoms with Gasteiger partial charge in [0.25, 0.3) is 0 Å². The van der Waals surface area contributed by atoms with E-state index in [2.05, 4.69) is 11.4 Å². The van der Waals surface area contributed by atoms with E-state index >= 15 is 0 Å². The van der Waals surface area contributed by atoms with E-state index in [4.69, 9.17) is 5.26 Å². The molecule has 0 heterocycles. The van der Waals surface area contributed by atoms with Crippen LogP contribution in [0.25, 0.3) is 0 Å². The number of benzene rings is 2. The van der Waals surface area contributed by atoms with Gasteiger partial charge in [-0.1, -0.05) is 12.1 Å². The average molecular weight is 396 g/mol. The minimum Gasteiger partial charge on any atom is -0.335 e. The topological polar surface area (TPSA) is 73.2 Å².